The third-order valence-corrected chi connectivity index (χ3v) is 3.16. The number of hydrogen-bond acceptors (Lipinski definition) is 3. The summed E-state index contributed by atoms with van der Waals surface area (Å²) in [6, 6.07) is 6.32. The molecule has 1 aromatic rings. The van der Waals surface area contributed by atoms with E-state index < -0.39 is 0 Å². The third-order valence-electron chi connectivity index (χ3n) is 2.67. The van der Waals surface area contributed by atoms with Crippen LogP contribution in [-0.4, -0.2) is 24.4 Å². The highest BCUT2D eigenvalue weighted by Gasteiger charge is 2.21. The highest BCUT2D eigenvalue weighted by molar-refractivity contribution is 9.10. The molecule has 0 saturated carbocycles. The summed E-state index contributed by atoms with van der Waals surface area (Å²) in [4.78, 5) is 0. The average molecular weight is 286 g/mol. The molecule has 4 heteroatoms. The first-order valence-electron chi connectivity index (χ1n) is 5.50. The van der Waals surface area contributed by atoms with Gasteiger partial charge < -0.3 is 15.2 Å². The predicted octanol–water partition coefficient (Wildman–Crippen LogP) is 2.24. The fraction of sp³-hybridized carbons (Fsp3) is 0.500. The smallest absolute Gasteiger partial charge is 0.124 e. The van der Waals surface area contributed by atoms with Crippen molar-refractivity contribution >= 4 is 15.9 Å². The van der Waals surface area contributed by atoms with Gasteiger partial charge in [0.05, 0.1) is 12.7 Å². The van der Waals surface area contributed by atoms with E-state index in [1.807, 2.05) is 12.1 Å². The van der Waals surface area contributed by atoms with Gasteiger partial charge in [0.2, 0.25) is 0 Å². The minimum Gasteiger partial charge on any atom is -0.493 e. The Morgan fingerprint density at radius 2 is 2.44 bits per heavy atom. The summed E-state index contributed by atoms with van der Waals surface area (Å²) < 4.78 is 6.65. The Bertz CT molecular complexity index is 368. The normalized spacial score (nSPS) is 21.1. The van der Waals surface area contributed by atoms with Gasteiger partial charge in [-0.2, -0.15) is 0 Å². The molecule has 1 aliphatic rings. The SMILES string of the molecule is CC(O)CNC1CCOc2ccc(Br)cc21. The van der Waals surface area contributed by atoms with Crippen LogP contribution in [0, 0.1) is 0 Å². The number of rotatable bonds is 3. The molecular formula is C12H16BrNO2. The molecule has 0 spiro atoms. The first kappa shape index (κ1) is 11.9. The molecule has 0 saturated heterocycles. The highest BCUT2D eigenvalue weighted by Crippen LogP contribution is 2.33. The summed E-state index contributed by atoms with van der Waals surface area (Å²) in [5.74, 6) is 0.942. The molecule has 0 radical (unpaired) electrons. The first-order valence-corrected chi connectivity index (χ1v) is 6.30. The second-order valence-corrected chi connectivity index (χ2v) is 5.04. The maximum Gasteiger partial charge on any atom is 0.124 e. The summed E-state index contributed by atoms with van der Waals surface area (Å²) in [6.45, 7) is 3.12. The van der Waals surface area contributed by atoms with E-state index in [-0.39, 0.29) is 12.1 Å². The molecule has 1 aromatic carbocycles. The topological polar surface area (TPSA) is 41.5 Å². The molecule has 0 amide bonds. The van der Waals surface area contributed by atoms with E-state index in [1.54, 1.807) is 6.92 Å². The monoisotopic (exact) mass is 285 g/mol. The lowest BCUT2D eigenvalue weighted by atomic mass is 10.0. The number of ether oxygens (including phenoxy) is 1. The fourth-order valence-corrected chi connectivity index (χ4v) is 2.27. The molecule has 0 fully saturated rings. The van der Waals surface area contributed by atoms with Crippen LogP contribution in [0.4, 0.5) is 0 Å². The van der Waals surface area contributed by atoms with Gasteiger partial charge in [0.15, 0.2) is 0 Å². The van der Waals surface area contributed by atoms with Crippen molar-refractivity contribution in [3.63, 3.8) is 0 Å². The Hall–Kier alpha value is -0.580. The molecule has 2 unspecified atom stereocenters. The van der Waals surface area contributed by atoms with E-state index in [4.69, 9.17) is 4.74 Å². The molecule has 2 rings (SSSR count). The lowest BCUT2D eigenvalue weighted by molar-refractivity contribution is 0.177. The Balaban J connectivity index is 2.15. The van der Waals surface area contributed by atoms with E-state index in [9.17, 15) is 5.11 Å². The zero-order valence-electron chi connectivity index (χ0n) is 9.24. The lowest BCUT2D eigenvalue weighted by Crippen LogP contribution is -2.32. The lowest BCUT2D eigenvalue weighted by Gasteiger charge is -2.27. The second-order valence-electron chi connectivity index (χ2n) is 4.13. The molecule has 0 aliphatic carbocycles. The minimum absolute atomic E-state index is 0.274. The van der Waals surface area contributed by atoms with Crippen molar-refractivity contribution in [3.8, 4) is 5.75 Å². The average Bonchev–Trinajstić information content (AvgIpc) is 2.26. The summed E-state index contributed by atoms with van der Waals surface area (Å²) in [5, 5.41) is 12.6. The number of aliphatic hydroxyl groups is 1. The zero-order chi connectivity index (χ0) is 11.5. The van der Waals surface area contributed by atoms with Gasteiger partial charge in [0.25, 0.3) is 0 Å². The second kappa shape index (κ2) is 5.17. The maximum absolute atomic E-state index is 9.28. The van der Waals surface area contributed by atoms with E-state index in [1.165, 1.54) is 5.56 Å². The largest absolute Gasteiger partial charge is 0.493 e. The van der Waals surface area contributed by atoms with Gasteiger partial charge in [-0.3, -0.25) is 0 Å². The molecule has 88 valence electrons. The number of benzene rings is 1. The van der Waals surface area contributed by atoms with Gasteiger partial charge >= 0.3 is 0 Å². The van der Waals surface area contributed by atoms with E-state index >= 15 is 0 Å². The summed E-state index contributed by atoms with van der Waals surface area (Å²) in [7, 11) is 0. The summed E-state index contributed by atoms with van der Waals surface area (Å²) in [6.07, 6.45) is 0.620. The van der Waals surface area contributed by atoms with Crippen molar-refractivity contribution in [2.24, 2.45) is 0 Å². The van der Waals surface area contributed by atoms with Crippen LogP contribution < -0.4 is 10.1 Å². The molecule has 16 heavy (non-hydrogen) atoms. The number of fused-ring (bicyclic) bond motifs is 1. The van der Waals surface area contributed by atoms with Crippen LogP contribution in [0.3, 0.4) is 0 Å². The van der Waals surface area contributed by atoms with Crippen molar-refractivity contribution in [3.05, 3.63) is 28.2 Å². The van der Waals surface area contributed by atoms with Gasteiger partial charge in [-0.15, -0.1) is 0 Å². The summed E-state index contributed by atoms with van der Waals surface area (Å²) >= 11 is 3.47. The van der Waals surface area contributed by atoms with Gasteiger partial charge in [0.1, 0.15) is 5.75 Å². The van der Waals surface area contributed by atoms with Crippen molar-refractivity contribution < 1.29 is 9.84 Å². The Kier molecular flexibility index (Phi) is 3.84. The van der Waals surface area contributed by atoms with Crippen LogP contribution in [0.2, 0.25) is 0 Å². The molecule has 1 aliphatic heterocycles. The maximum atomic E-state index is 9.28. The highest BCUT2D eigenvalue weighted by atomic mass is 79.9. The number of nitrogens with one attached hydrogen (secondary N) is 1. The van der Waals surface area contributed by atoms with Gasteiger partial charge in [-0.05, 0) is 25.1 Å². The van der Waals surface area contributed by atoms with Crippen molar-refractivity contribution in [1.29, 1.82) is 0 Å². The van der Waals surface area contributed by atoms with E-state index in [0.717, 1.165) is 23.2 Å². The molecular weight excluding hydrogens is 270 g/mol. The van der Waals surface area contributed by atoms with Gasteiger partial charge in [0, 0.05) is 29.0 Å². The van der Waals surface area contributed by atoms with Gasteiger partial charge in [-0.25, -0.2) is 0 Å². The van der Waals surface area contributed by atoms with Crippen LogP contribution in [0.15, 0.2) is 22.7 Å². The molecule has 3 nitrogen and oxygen atoms in total. The zero-order valence-corrected chi connectivity index (χ0v) is 10.8. The Labute approximate surface area is 104 Å². The number of aliphatic hydroxyl groups excluding tert-OH is 1. The third kappa shape index (κ3) is 2.75. The minimum atomic E-state index is -0.321. The number of hydrogen-bond donors (Lipinski definition) is 2. The molecule has 0 aromatic heterocycles. The molecule has 2 N–H and O–H groups in total. The quantitative estimate of drug-likeness (QED) is 0.895. The van der Waals surface area contributed by atoms with Crippen molar-refractivity contribution in [1.82, 2.24) is 5.32 Å². The van der Waals surface area contributed by atoms with Crippen LogP contribution >= 0.6 is 15.9 Å². The Morgan fingerprint density at radius 3 is 3.19 bits per heavy atom. The van der Waals surface area contributed by atoms with Gasteiger partial charge in [-0.1, -0.05) is 15.9 Å². The first-order chi connectivity index (χ1) is 7.66. The van der Waals surface area contributed by atoms with Crippen molar-refractivity contribution in [2.75, 3.05) is 13.2 Å². The van der Waals surface area contributed by atoms with Crippen LogP contribution in [-0.2, 0) is 0 Å². The van der Waals surface area contributed by atoms with Crippen LogP contribution in [0.25, 0.3) is 0 Å². The Morgan fingerprint density at radius 1 is 1.62 bits per heavy atom. The fourth-order valence-electron chi connectivity index (χ4n) is 1.89. The molecule has 1 heterocycles. The van der Waals surface area contributed by atoms with E-state index in [2.05, 4.69) is 27.3 Å². The van der Waals surface area contributed by atoms with Crippen LogP contribution in [0.5, 0.6) is 5.75 Å². The summed E-state index contributed by atoms with van der Waals surface area (Å²) in [5.41, 5.74) is 1.17. The number of halogens is 1. The van der Waals surface area contributed by atoms with Crippen LogP contribution in [0.1, 0.15) is 24.9 Å². The van der Waals surface area contributed by atoms with Crippen molar-refractivity contribution in [2.45, 2.75) is 25.5 Å². The molecule has 0 bridgehead atoms. The standard InChI is InChI=1S/C12H16BrNO2/c1-8(15)7-14-11-4-5-16-12-3-2-9(13)6-10(11)12/h2-3,6,8,11,14-15H,4-5,7H2,1H3. The predicted molar refractivity (Wildman–Crippen MR) is 66.7 cm³/mol. The van der Waals surface area contributed by atoms with E-state index in [0.29, 0.717) is 6.54 Å². The molecule has 2 atom stereocenters.